The van der Waals surface area contributed by atoms with Crippen molar-refractivity contribution in [3.05, 3.63) is 35.4 Å². The molecule has 0 saturated carbocycles. The fraction of sp³-hybridized carbons (Fsp3) is 0.353. The van der Waals surface area contributed by atoms with Gasteiger partial charge in [0, 0.05) is 18.7 Å². The van der Waals surface area contributed by atoms with E-state index in [1.165, 1.54) is 0 Å². The van der Waals surface area contributed by atoms with Gasteiger partial charge < -0.3 is 10.1 Å². The largest absolute Gasteiger partial charge is 0.456 e. The first kappa shape index (κ1) is 19.1. The van der Waals surface area contributed by atoms with Crippen LogP contribution in [0.3, 0.4) is 0 Å². The Morgan fingerprint density at radius 2 is 1.92 bits per heavy atom. The van der Waals surface area contributed by atoms with Gasteiger partial charge in [-0.05, 0) is 18.6 Å². The lowest BCUT2D eigenvalue weighted by Crippen LogP contribution is -2.43. The highest BCUT2D eigenvalue weighted by Gasteiger charge is 2.30. The van der Waals surface area contributed by atoms with Gasteiger partial charge in [0.05, 0.1) is 12.8 Å². The molecule has 9 nitrogen and oxygen atoms in total. The van der Waals surface area contributed by atoms with Gasteiger partial charge in [-0.3, -0.25) is 29.4 Å². The zero-order chi connectivity index (χ0) is 19.1. The molecule has 138 valence electrons. The molecule has 0 fully saturated rings. The third-order valence-corrected chi connectivity index (χ3v) is 3.63. The van der Waals surface area contributed by atoms with Gasteiger partial charge in [0.15, 0.2) is 6.61 Å². The zero-order valence-electron chi connectivity index (χ0n) is 14.2. The number of nitrogens with one attached hydrogen (secondary N) is 2. The molecule has 1 aliphatic heterocycles. The Hall–Kier alpha value is -3.23. The number of nitrogens with zero attached hydrogens (tertiary/aromatic N) is 1. The Morgan fingerprint density at radius 3 is 2.65 bits per heavy atom. The number of urea groups is 1. The molecule has 0 atom stereocenters. The predicted octanol–water partition coefficient (Wildman–Crippen LogP) is -0.00950. The highest BCUT2D eigenvalue weighted by Crippen LogP contribution is 2.19. The Morgan fingerprint density at radius 1 is 1.19 bits per heavy atom. The first-order valence-electron chi connectivity index (χ1n) is 8.08. The van der Waals surface area contributed by atoms with E-state index in [9.17, 15) is 24.0 Å². The number of hydrogen-bond acceptors (Lipinski definition) is 6. The molecule has 9 heteroatoms. The molecule has 0 bridgehead atoms. The average Bonchev–Trinajstić information content (AvgIpc) is 2.60. The number of hydrogen-bond donors (Lipinski definition) is 2. The number of rotatable bonds is 6. The minimum Gasteiger partial charge on any atom is -0.456 e. The second kappa shape index (κ2) is 8.75. The molecule has 1 aromatic rings. The lowest BCUT2D eigenvalue weighted by atomic mass is 9.98. The van der Waals surface area contributed by atoms with E-state index in [4.69, 9.17) is 4.74 Å². The molecule has 0 unspecified atom stereocenters. The van der Waals surface area contributed by atoms with Crippen molar-refractivity contribution in [2.75, 3.05) is 19.7 Å². The first-order valence-corrected chi connectivity index (χ1v) is 8.08. The summed E-state index contributed by atoms with van der Waals surface area (Å²) in [5.74, 6) is -2.38. The van der Waals surface area contributed by atoms with E-state index < -0.39 is 36.3 Å². The third-order valence-electron chi connectivity index (χ3n) is 3.63. The SMILES string of the molecule is CCNC(=O)NC(=O)COC(=O)CCN1C(=O)Cc2ccccc2C1=O. The van der Waals surface area contributed by atoms with Crippen molar-refractivity contribution in [1.82, 2.24) is 15.5 Å². The molecule has 0 aromatic heterocycles. The maximum absolute atomic E-state index is 12.3. The van der Waals surface area contributed by atoms with Crippen LogP contribution in [0.25, 0.3) is 0 Å². The zero-order valence-corrected chi connectivity index (χ0v) is 14.2. The van der Waals surface area contributed by atoms with Crippen LogP contribution in [0.1, 0.15) is 29.3 Å². The molecular weight excluding hydrogens is 342 g/mol. The highest BCUT2D eigenvalue weighted by atomic mass is 16.5. The summed E-state index contributed by atoms with van der Waals surface area (Å²) in [6.45, 7) is 1.27. The molecule has 1 heterocycles. The molecule has 26 heavy (non-hydrogen) atoms. The summed E-state index contributed by atoms with van der Waals surface area (Å²) in [4.78, 5) is 59.7. The number of ether oxygens (including phenoxy) is 1. The number of carbonyl (C=O) groups is 5. The Kier molecular flexibility index (Phi) is 6.42. The van der Waals surface area contributed by atoms with Crippen LogP contribution >= 0.6 is 0 Å². The van der Waals surface area contributed by atoms with Crippen molar-refractivity contribution in [3.63, 3.8) is 0 Å². The number of fused-ring (bicyclic) bond motifs is 1. The van der Waals surface area contributed by atoms with E-state index >= 15 is 0 Å². The molecule has 1 aliphatic rings. The molecular formula is C17H19N3O6. The van der Waals surface area contributed by atoms with Crippen LogP contribution in [0.15, 0.2) is 24.3 Å². The Labute approximate surface area is 149 Å². The van der Waals surface area contributed by atoms with Crippen LogP contribution in [0.5, 0.6) is 0 Å². The van der Waals surface area contributed by atoms with Crippen LogP contribution in [-0.2, 0) is 25.5 Å². The molecule has 0 aliphatic carbocycles. The summed E-state index contributed by atoms with van der Waals surface area (Å²) in [5.41, 5.74) is 1.09. The van der Waals surface area contributed by atoms with Crippen molar-refractivity contribution in [2.45, 2.75) is 19.8 Å². The quantitative estimate of drug-likeness (QED) is 0.543. The van der Waals surface area contributed by atoms with Gasteiger partial charge in [0.25, 0.3) is 11.8 Å². The fourth-order valence-electron chi connectivity index (χ4n) is 2.42. The summed E-state index contributed by atoms with van der Waals surface area (Å²) >= 11 is 0. The van der Waals surface area contributed by atoms with Crippen molar-refractivity contribution < 1.29 is 28.7 Å². The minimum absolute atomic E-state index is 0.0892. The van der Waals surface area contributed by atoms with Gasteiger partial charge in [-0.15, -0.1) is 0 Å². The maximum atomic E-state index is 12.3. The Bertz CT molecular complexity index is 746. The standard InChI is InChI=1S/C17H19N3O6/c1-2-18-17(25)19-13(21)10-26-15(23)7-8-20-14(22)9-11-5-3-4-6-12(11)16(20)24/h3-6H,2,7-10H2,1H3,(H2,18,19,21,25). The normalized spacial score (nSPS) is 13.0. The summed E-state index contributed by atoms with van der Waals surface area (Å²) in [6, 6.07) is 6.10. The van der Waals surface area contributed by atoms with Crippen LogP contribution in [-0.4, -0.2) is 54.3 Å². The van der Waals surface area contributed by atoms with Crippen molar-refractivity contribution in [2.24, 2.45) is 0 Å². The third kappa shape index (κ3) is 4.88. The van der Waals surface area contributed by atoms with Crippen molar-refractivity contribution in [1.29, 1.82) is 0 Å². The fourth-order valence-corrected chi connectivity index (χ4v) is 2.42. The van der Waals surface area contributed by atoms with E-state index in [1.807, 2.05) is 5.32 Å². The molecule has 5 amide bonds. The monoisotopic (exact) mass is 361 g/mol. The van der Waals surface area contributed by atoms with Crippen LogP contribution < -0.4 is 10.6 Å². The number of esters is 1. The molecule has 2 rings (SSSR count). The van der Waals surface area contributed by atoms with Gasteiger partial charge >= 0.3 is 12.0 Å². The molecule has 2 N–H and O–H groups in total. The highest BCUT2D eigenvalue weighted by molar-refractivity contribution is 6.09. The van der Waals surface area contributed by atoms with E-state index in [0.29, 0.717) is 17.7 Å². The lowest BCUT2D eigenvalue weighted by Gasteiger charge is -2.26. The second-order valence-electron chi connectivity index (χ2n) is 5.50. The summed E-state index contributed by atoms with van der Waals surface area (Å²) in [5, 5.41) is 4.34. The van der Waals surface area contributed by atoms with Crippen LogP contribution in [0.4, 0.5) is 4.79 Å². The first-order chi connectivity index (χ1) is 12.4. The smallest absolute Gasteiger partial charge is 0.321 e. The number of benzene rings is 1. The van der Waals surface area contributed by atoms with E-state index in [1.54, 1.807) is 31.2 Å². The van der Waals surface area contributed by atoms with Gasteiger partial charge in [0.2, 0.25) is 5.91 Å². The maximum Gasteiger partial charge on any atom is 0.321 e. The summed E-state index contributed by atoms with van der Waals surface area (Å²) in [7, 11) is 0. The minimum atomic E-state index is -0.775. The predicted molar refractivity (Wildman–Crippen MR) is 89.0 cm³/mol. The number of imide groups is 2. The van der Waals surface area contributed by atoms with Crippen molar-refractivity contribution in [3.8, 4) is 0 Å². The summed E-state index contributed by atoms with van der Waals surface area (Å²) in [6.07, 6.45) is -0.153. The average molecular weight is 361 g/mol. The van der Waals surface area contributed by atoms with E-state index in [-0.39, 0.29) is 19.4 Å². The summed E-state index contributed by atoms with van der Waals surface area (Å²) < 4.78 is 4.73. The van der Waals surface area contributed by atoms with E-state index in [0.717, 1.165) is 4.90 Å². The van der Waals surface area contributed by atoms with Crippen LogP contribution in [0.2, 0.25) is 0 Å². The second-order valence-corrected chi connectivity index (χ2v) is 5.50. The van der Waals surface area contributed by atoms with Gasteiger partial charge in [-0.25, -0.2) is 4.79 Å². The number of carbonyl (C=O) groups excluding carboxylic acids is 5. The lowest BCUT2D eigenvalue weighted by molar-refractivity contribution is -0.148. The molecule has 0 spiro atoms. The van der Waals surface area contributed by atoms with Gasteiger partial charge in [0.1, 0.15) is 0 Å². The van der Waals surface area contributed by atoms with Gasteiger partial charge in [-0.2, -0.15) is 0 Å². The van der Waals surface area contributed by atoms with Crippen molar-refractivity contribution >= 4 is 29.7 Å². The van der Waals surface area contributed by atoms with Gasteiger partial charge in [-0.1, -0.05) is 18.2 Å². The topological polar surface area (TPSA) is 122 Å². The van der Waals surface area contributed by atoms with E-state index in [2.05, 4.69) is 5.32 Å². The molecule has 1 aromatic carbocycles. The molecule has 0 radical (unpaired) electrons. The van der Waals surface area contributed by atoms with Crippen LogP contribution in [0, 0.1) is 0 Å². The Balaban J connectivity index is 1.80. The molecule has 0 saturated heterocycles. The number of amides is 5.